The van der Waals surface area contributed by atoms with E-state index in [0.717, 1.165) is 36.1 Å². The summed E-state index contributed by atoms with van der Waals surface area (Å²) in [5.74, 6) is -0.181. The second-order valence-electron chi connectivity index (χ2n) is 6.55. The lowest BCUT2D eigenvalue weighted by molar-refractivity contribution is 0.102. The number of amides is 1. The van der Waals surface area contributed by atoms with Crippen LogP contribution in [-0.4, -0.2) is 16.9 Å². The average Bonchev–Trinajstić information content (AvgIpc) is 3.03. The van der Waals surface area contributed by atoms with Gasteiger partial charge in [-0.3, -0.25) is 10.1 Å². The molecule has 3 N–H and O–H groups in total. The van der Waals surface area contributed by atoms with Gasteiger partial charge in [-0.15, -0.1) is 23.7 Å². The summed E-state index contributed by atoms with van der Waals surface area (Å²) in [6, 6.07) is 12.8. The second kappa shape index (κ2) is 8.80. The molecule has 1 aliphatic rings. The molecule has 28 heavy (non-hydrogen) atoms. The number of fused-ring (bicyclic) bond motifs is 1. The number of halogens is 3. The number of anilines is 1. The largest absolute Gasteiger partial charge is 0.327 e. The van der Waals surface area contributed by atoms with Gasteiger partial charge in [0.2, 0.25) is 0 Å². The van der Waals surface area contributed by atoms with E-state index in [1.54, 1.807) is 24.3 Å². The third-order valence-corrected chi connectivity index (χ3v) is 6.17. The predicted octanol–water partition coefficient (Wildman–Crippen LogP) is 5.61. The molecular weight excluding hydrogens is 437 g/mol. The highest BCUT2D eigenvalue weighted by molar-refractivity contribution is 7.15. The molecule has 0 bridgehead atoms. The fourth-order valence-electron chi connectivity index (χ4n) is 3.15. The van der Waals surface area contributed by atoms with E-state index in [9.17, 15) is 4.79 Å². The molecule has 0 saturated carbocycles. The van der Waals surface area contributed by atoms with E-state index in [1.165, 1.54) is 16.2 Å². The van der Waals surface area contributed by atoms with Gasteiger partial charge < -0.3 is 5.73 Å². The molecule has 1 aliphatic carbocycles. The van der Waals surface area contributed by atoms with Crippen LogP contribution in [0.4, 0.5) is 5.13 Å². The average molecular weight is 455 g/mol. The number of hydrogen-bond donors (Lipinski definition) is 2. The molecule has 1 atom stereocenters. The zero-order valence-electron chi connectivity index (χ0n) is 14.7. The Labute approximate surface area is 183 Å². The standard InChI is InChI=1S/C20H17Cl2N3OS.ClH/c21-13-5-7-15(16(22)9-13)11-1-3-12(4-2-11)19(26)25-20-24-17-8-6-14(23)10-18(17)27-20;/h1-5,7,9,14H,6,8,10,23H2,(H,24,25,26);1H/t14-;/m0./s1. The summed E-state index contributed by atoms with van der Waals surface area (Å²) in [5.41, 5.74) is 9.43. The molecule has 1 heterocycles. The first-order valence-electron chi connectivity index (χ1n) is 8.60. The summed E-state index contributed by atoms with van der Waals surface area (Å²) >= 11 is 13.7. The Kier molecular flexibility index (Phi) is 6.63. The number of benzene rings is 2. The van der Waals surface area contributed by atoms with Crippen LogP contribution < -0.4 is 11.1 Å². The Hall–Kier alpha value is -1.63. The normalized spacial score (nSPS) is 15.5. The maximum absolute atomic E-state index is 12.5. The van der Waals surface area contributed by atoms with Crippen LogP contribution in [0.15, 0.2) is 42.5 Å². The third kappa shape index (κ3) is 4.50. The first-order valence-corrected chi connectivity index (χ1v) is 10.2. The lowest BCUT2D eigenvalue weighted by Crippen LogP contribution is -2.27. The molecule has 0 spiro atoms. The number of nitrogens with one attached hydrogen (secondary N) is 1. The Balaban J connectivity index is 0.00000225. The van der Waals surface area contributed by atoms with Gasteiger partial charge in [0.1, 0.15) is 0 Å². The van der Waals surface area contributed by atoms with Gasteiger partial charge in [0.05, 0.1) is 5.69 Å². The van der Waals surface area contributed by atoms with E-state index in [-0.39, 0.29) is 24.4 Å². The van der Waals surface area contributed by atoms with Gasteiger partial charge in [0, 0.05) is 32.1 Å². The number of nitrogens with zero attached hydrogens (tertiary/aromatic N) is 1. The van der Waals surface area contributed by atoms with Gasteiger partial charge in [-0.25, -0.2) is 4.98 Å². The molecule has 146 valence electrons. The van der Waals surface area contributed by atoms with Crippen molar-refractivity contribution in [2.75, 3.05) is 5.32 Å². The van der Waals surface area contributed by atoms with Crippen LogP contribution in [0.3, 0.4) is 0 Å². The van der Waals surface area contributed by atoms with Crippen molar-refractivity contribution in [3.63, 3.8) is 0 Å². The molecule has 3 aromatic rings. The molecular formula is C20H18Cl3N3OS. The minimum atomic E-state index is -0.181. The molecule has 4 rings (SSSR count). The van der Waals surface area contributed by atoms with Crippen molar-refractivity contribution < 1.29 is 4.79 Å². The summed E-state index contributed by atoms with van der Waals surface area (Å²) in [7, 11) is 0. The Bertz CT molecular complexity index is 1000. The van der Waals surface area contributed by atoms with Crippen molar-refractivity contribution in [1.82, 2.24) is 4.98 Å². The van der Waals surface area contributed by atoms with Gasteiger partial charge in [0.15, 0.2) is 5.13 Å². The molecule has 1 amide bonds. The van der Waals surface area contributed by atoms with E-state index in [1.807, 2.05) is 18.2 Å². The van der Waals surface area contributed by atoms with E-state index < -0.39 is 0 Å². The number of hydrogen-bond acceptors (Lipinski definition) is 4. The molecule has 0 aliphatic heterocycles. The Morgan fingerprint density at radius 2 is 1.93 bits per heavy atom. The molecule has 8 heteroatoms. The lowest BCUT2D eigenvalue weighted by atomic mass is 9.99. The van der Waals surface area contributed by atoms with Crippen LogP contribution in [0.25, 0.3) is 11.1 Å². The van der Waals surface area contributed by atoms with Crippen LogP contribution in [0.2, 0.25) is 10.0 Å². The first-order chi connectivity index (χ1) is 13.0. The SMILES string of the molecule is Cl.N[C@H]1CCc2nc(NC(=O)c3ccc(-c4ccc(Cl)cc4Cl)cc3)sc2C1. The van der Waals surface area contributed by atoms with Crippen LogP contribution >= 0.6 is 46.9 Å². The quantitative estimate of drug-likeness (QED) is 0.540. The topological polar surface area (TPSA) is 68.0 Å². The lowest BCUT2D eigenvalue weighted by Gasteiger charge is -2.15. The number of thiazole rings is 1. The van der Waals surface area contributed by atoms with Crippen molar-refractivity contribution in [1.29, 1.82) is 0 Å². The zero-order valence-corrected chi connectivity index (χ0v) is 17.9. The second-order valence-corrected chi connectivity index (χ2v) is 8.47. The van der Waals surface area contributed by atoms with Crippen LogP contribution in [0.1, 0.15) is 27.3 Å². The van der Waals surface area contributed by atoms with Crippen LogP contribution in [0, 0.1) is 0 Å². The molecule has 2 aromatic carbocycles. The molecule has 0 fully saturated rings. The number of nitrogens with two attached hydrogens (primary N) is 1. The van der Waals surface area contributed by atoms with E-state index >= 15 is 0 Å². The van der Waals surface area contributed by atoms with E-state index in [2.05, 4.69) is 10.3 Å². The number of carbonyl (C=O) groups excluding carboxylic acids is 1. The monoisotopic (exact) mass is 453 g/mol. The maximum atomic E-state index is 12.5. The third-order valence-electron chi connectivity index (χ3n) is 4.59. The van der Waals surface area contributed by atoms with Gasteiger partial charge in [-0.2, -0.15) is 0 Å². The van der Waals surface area contributed by atoms with Crippen molar-refractivity contribution in [3.8, 4) is 11.1 Å². The molecule has 4 nitrogen and oxygen atoms in total. The zero-order chi connectivity index (χ0) is 19.0. The summed E-state index contributed by atoms with van der Waals surface area (Å²) in [4.78, 5) is 18.3. The maximum Gasteiger partial charge on any atom is 0.257 e. The van der Waals surface area contributed by atoms with E-state index in [0.29, 0.717) is 20.7 Å². The smallest absolute Gasteiger partial charge is 0.257 e. The van der Waals surface area contributed by atoms with Gasteiger partial charge in [-0.05, 0) is 49.1 Å². The van der Waals surface area contributed by atoms with Gasteiger partial charge in [-0.1, -0.05) is 41.4 Å². The minimum Gasteiger partial charge on any atom is -0.327 e. The summed E-state index contributed by atoms with van der Waals surface area (Å²) in [5, 5.41) is 4.69. The van der Waals surface area contributed by atoms with Gasteiger partial charge in [0.25, 0.3) is 5.91 Å². The fourth-order valence-corrected chi connectivity index (χ4v) is 4.76. The number of aromatic nitrogens is 1. The number of carbonyl (C=O) groups is 1. The molecule has 0 saturated heterocycles. The Morgan fingerprint density at radius 3 is 2.64 bits per heavy atom. The molecule has 0 radical (unpaired) electrons. The molecule has 1 aromatic heterocycles. The predicted molar refractivity (Wildman–Crippen MR) is 119 cm³/mol. The summed E-state index contributed by atoms with van der Waals surface area (Å²) in [6.07, 6.45) is 2.65. The fraction of sp³-hybridized carbons (Fsp3) is 0.200. The van der Waals surface area contributed by atoms with Crippen molar-refractivity contribution >= 4 is 58.0 Å². The van der Waals surface area contributed by atoms with Crippen molar-refractivity contribution in [2.24, 2.45) is 5.73 Å². The minimum absolute atomic E-state index is 0. The number of aryl methyl sites for hydroxylation is 1. The molecule has 0 unspecified atom stereocenters. The summed E-state index contributed by atoms with van der Waals surface area (Å²) in [6.45, 7) is 0. The highest BCUT2D eigenvalue weighted by Gasteiger charge is 2.21. The Morgan fingerprint density at radius 1 is 1.18 bits per heavy atom. The van der Waals surface area contributed by atoms with Crippen molar-refractivity contribution in [3.05, 3.63) is 68.6 Å². The van der Waals surface area contributed by atoms with Crippen LogP contribution in [0.5, 0.6) is 0 Å². The highest BCUT2D eigenvalue weighted by atomic mass is 35.5. The highest BCUT2D eigenvalue weighted by Crippen LogP contribution is 2.31. The first kappa shape index (κ1) is 21.1. The summed E-state index contributed by atoms with van der Waals surface area (Å²) < 4.78 is 0. The van der Waals surface area contributed by atoms with Crippen molar-refractivity contribution in [2.45, 2.75) is 25.3 Å². The van der Waals surface area contributed by atoms with Gasteiger partial charge >= 0.3 is 0 Å². The van der Waals surface area contributed by atoms with Crippen LogP contribution in [-0.2, 0) is 12.8 Å². The number of rotatable bonds is 3. The van der Waals surface area contributed by atoms with E-state index in [4.69, 9.17) is 28.9 Å².